The Bertz CT molecular complexity index is 1780. The molecule has 0 radical (unpaired) electrons. The van der Waals surface area contributed by atoms with E-state index >= 15 is 8.63 Å². The van der Waals surface area contributed by atoms with Crippen LogP contribution in [0, 0.1) is 6.92 Å². The van der Waals surface area contributed by atoms with Gasteiger partial charge in [-0.3, -0.25) is 0 Å². The number of esters is 2. The largest absolute Gasteiger partial charge is 0.737 e. The van der Waals surface area contributed by atoms with Gasteiger partial charge in [0.05, 0.1) is 24.4 Å². The average Bonchev–Trinajstić information content (AvgIpc) is 3.58. The number of nitrogens with zero attached hydrogens (tertiary/aromatic N) is 3. The maximum absolute atomic E-state index is 17.6. The SMILES string of the molecule is CCCCN(/C=C/C1=[N+]2C(=Cc3c(-c4ccccc4)c(C(=O)OCC)c(C)n3[B-]2(F)F)C(c2ccccc2)=C1C(=O)OCC)CCCC. The molecular weight excluding hydrogens is 611 g/mol. The van der Waals surface area contributed by atoms with Gasteiger partial charge in [0.25, 0.3) is 0 Å². The first kappa shape index (κ1) is 34.6. The predicted molar refractivity (Wildman–Crippen MR) is 188 cm³/mol. The summed E-state index contributed by atoms with van der Waals surface area (Å²) < 4.78 is 48.0. The molecule has 0 amide bonds. The number of benzene rings is 2. The molecule has 7 nitrogen and oxygen atoms in total. The zero-order valence-electron chi connectivity index (χ0n) is 28.5. The molecule has 0 N–H and O–H groups in total. The molecule has 0 fully saturated rings. The molecule has 0 unspecified atom stereocenters. The van der Waals surface area contributed by atoms with E-state index in [-0.39, 0.29) is 47.1 Å². The monoisotopic (exact) mass is 655 g/mol. The number of ether oxygens (including phenoxy) is 2. The van der Waals surface area contributed by atoms with Crippen molar-refractivity contribution in [2.45, 2.75) is 60.3 Å². The number of unbranched alkanes of at least 4 members (excludes halogenated alkanes) is 2. The van der Waals surface area contributed by atoms with Crippen molar-refractivity contribution in [1.29, 1.82) is 0 Å². The van der Waals surface area contributed by atoms with E-state index in [0.29, 0.717) is 22.3 Å². The molecule has 2 aliphatic rings. The summed E-state index contributed by atoms with van der Waals surface area (Å²) >= 11 is 0. The van der Waals surface area contributed by atoms with Crippen molar-refractivity contribution >= 4 is 36.3 Å². The smallest absolute Gasteiger partial charge is 0.462 e. The van der Waals surface area contributed by atoms with Crippen LogP contribution in [0.1, 0.15) is 80.7 Å². The first-order valence-corrected chi connectivity index (χ1v) is 17.0. The fourth-order valence-electron chi connectivity index (χ4n) is 6.60. The molecule has 0 saturated heterocycles. The second-order valence-electron chi connectivity index (χ2n) is 11.9. The summed E-state index contributed by atoms with van der Waals surface area (Å²) in [6, 6.07) is 18.1. The number of hydrogen-bond acceptors (Lipinski definition) is 5. The molecule has 0 aliphatic carbocycles. The van der Waals surface area contributed by atoms with Crippen LogP contribution >= 0.6 is 0 Å². The van der Waals surface area contributed by atoms with Crippen LogP contribution in [0.3, 0.4) is 0 Å². The highest BCUT2D eigenvalue weighted by atomic mass is 19.2. The van der Waals surface area contributed by atoms with Crippen molar-refractivity contribution in [3.63, 3.8) is 0 Å². The van der Waals surface area contributed by atoms with E-state index < -0.39 is 18.9 Å². The zero-order valence-corrected chi connectivity index (χ0v) is 28.5. The van der Waals surface area contributed by atoms with Crippen LogP contribution in [-0.2, 0) is 14.3 Å². The minimum Gasteiger partial charge on any atom is -0.462 e. The number of rotatable bonds is 14. The lowest BCUT2D eigenvalue weighted by Gasteiger charge is -2.31. The van der Waals surface area contributed by atoms with Gasteiger partial charge in [0.2, 0.25) is 0 Å². The molecule has 3 heterocycles. The van der Waals surface area contributed by atoms with Gasteiger partial charge in [0, 0.05) is 42.7 Å². The number of hydrogen-bond donors (Lipinski definition) is 0. The van der Waals surface area contributed by atoms with Gasteiger partial charge < -0.3 is 32.0 Å². The van der Waals surface area contributed by atoms with Gasteiger partial charge in [-0.25, -0.2) is 9.59 Å². The lowest BCUT2D eigenvalue weighted by molar-refractivity contribution is -0.358. The molecule has 10 heteroatoms. The van der Waals surface area contributed by atoms with Crippen LogP contribution in [0.5, 0.6) is 0 Å². The predicted octanol–water partition coefficient (Wildman–Crippen LogP) is 8.12. The maximum atomic E-state index is 17.6. The summed E-state index contributed by atoms with van der Waals surface area (Å²) in [5.74, 6) is -1.35. The van der Waals surface area contributed by atoms with Gasteiger partial charge in [-0.1, -0.05) is 87.4 Å². The van der Waals surface area contributed by atoms with Crippen LogP contribution in [0.4, 0.5) is 8.63 Å². The molecule has 48 heavy (non-hydrogen) atoms. The van der Waals surface area contributed by atoms with Gasteiger partial charge in [0.1, 0.15) is 5.57 Å². The van der Waals surface area contributed by atoms with E-state index in [4.69, 9.17) is 9.47 Å². The number of carbonyl (C=O) groups is 2. The second kappa shape index (κ2) is 15.0. The Morgan fingerprint density at radius 3 is 1.98 bits per heavy atom. The third-order valence-electron chi connectivity index (χ3n) is 8.79. The Hall–Kier alpha value is -4.73. The van der Waals surface area contributed by atoms with E-state index in [1.807, 2.05) is 30.5 Å². The highest BCUT2D eigenvalue weighted by molar-refractivity contribution is 6.59. The molecule has 1 aromatic heterocycles. The van der Waals surface area contributed by atoms with E-state index in [9.17, 15) is 9.59 Å². The van der Waals surface area contributed by atoms with Crippen LogP contribution in [-0.4, -0.2) is 64.8 Å². The Balaban J connectivity index is 1.87. The Morgan fingerprint density at radius 2 is 1.42 bits per heavy atom. The third-order valence-corrected chi connectivity index (χ3v) is 8.79. The summed E-state index contributed by atoms with van der Waals surface area (Å²) in [7, 11) is 0. The normalized spacial score (nSPS) is 15.0. The van der Waals surface area contributed by atoms with E-state index in [1.165, 1.54) is 6.92 Å². The highest BCUT2D eigenvalue weighted by Gasteiger charge is 2.57. The number of fused-ring (bicyclic) bond motifs is 2. The van der Waals surface area contributed by atoms with Gasteiger partial charge >= 0.3 is 18.9 Å². The van der Waals surface area contributed by atoms with Crippen LogP contribution in [0.25, 0.3) is 22.8 Å². The standard InChI is InChI=1S/C38H44BF2N3O4/c1-6-10-23-42(24-11-7-2)25-22-30-36(38(46)48-9-4)35(29-20-16-13-17-21-29)32-26-31-34(28-18-14-12-15-19-28)33(37(45)47-8-3)27(5)43(31)39(40,41)44(30)32/h12-22,25-26H,6-11,23-24H2,1-5H3/b25-22+. The molecule has 2 aliphatic heterocycles. The van der Waals surface area contributed by atoms with Crippen molar-refractivity contribution in [2.75, 3.05) is 26.3 Å². The van der Waals surface area contributed by atoms with E-state index in [0.717, 1.165) is 47.7 Å². The molecule has 0 bridgehead atoms. The van der Waals surface area contributed by atoms with E-state index in [2.05, 4.69) is 18.7 Å². The summed E-state index contributed by atoms with van der Waals surface area (Å²) in [6.45, 7) is 6.20. The summed E-state index contributed by atoms with van der Waals surface area (Å²) in [4.78, 5) is 29.4. The Morgan fingerprint density at radius 1 is 0.854 bits per heavy atom. The minimum absolute atomic E-state index is 0.0549. The third kappa shape index (κ3) is 6.40. The molecule has 0 spiro atoms. The number of aromatic nitrogens is 1. The maximum Gasteiger partial charge on any atom is 0.737 e. The Labute approximate surface area is 281 Å². The molecule has 2 aromatic carbocycles. The molecule has 3 aromatic rings. The van der Waals surface area contributed by atoms with Crippen molar-refractivity contribution < 1.29 is 32.2 Å². The highest BCUT2D eigenvalue weighted by Crippen LogP contribution is 2.46. The summed E-state index contributed by atoms with van der Waals surface area (Å²) in [6.07, 6.45) is 8.99. The topological polar surface area (TPSA) is 63.8 Å². The average molecular weight is 656 g/mol. The van der Waals surface area contributed by atoms with Crippen molar-refractivity contribution in [3.8, 4) is 11.1 Å². The van der Waals surface area contributed by atoms with Crippen molar-refractivity contribution in [3.05, 3.63) is 107 Å². The van der Waals surface area contributed by atoms with Crippen molar-refractivity contribution in [1.82, 2.24) is 9.38 Å². The van der Waals surface area contributed by atoms with Crippen LogP contribution < -0.4 is 0 Å². The van der Waals surface area contributed by atoms with Gasteiger partial charge in [-0.15, -0.1) is 0 Å². The molecular formula is C38H44BF2N3O4. The first-order chi connectivity index (χ1) is 23.2. The molecule has 5 rings (SSSR count). The molecule has 0 atom stereocenters. The van der Waals surface area contributed by atoms with Gasteiger partial charge in [-0.05, 0) is 50.4 Å². The Kier molecular flexibility index (Phi) is 10.8. The number of halogens is 2. The number of carbonyl (C=O) groups excluding carboxylic acids is 2. The van der Waals surface area contributed by atoms with Gasteiger partial charge in [-0.2, -0.15) is 0 Å². The van der Waals surface area contributed by atoms with E-state index in [1.54, 1.807) is 62.4 Å². The summed E-state index contributed by atoms with van der Waals surface area (Å²) in [5, 5.41) is 0. The number of allylic oxidation sites excluding steroid dienone is 2. The lowest BCUT2D eigenvalue weighted by Crippen LogP contribution is -2.51. The fourth-order valence-corrected chi connectivity index (χ4v) is 6.60. The van der Waals surface area contributed by atoms with Crippen LogP contribution in [0.15, 0.2) is 84.2 Å². The van der Waals surface area contributed by atoms with Crippen LogP contribution in [0.2, 0.25) is 0 Å². The zero-order chi connectivity index (χ0) is 34.4. The fraction of sp³-hybridized carbons (Fsp3) is 0.342. The van der Waals surface area contributed by atoms with Gasteiger partial charge in [0.15, 0.2) is 11.4 Å². The van der Waals surface area contributed by atoms with Crippen molar-refractivity contribution in [2.24, 2.45) is 0 Å². The molecule has 0 saturated carbocycles. The lowest BCUT2D eigenvalue weighted by atomic mass is 9.87. The second-order valence-corrected chi connectivity index (χ2v) is 11.9. The summed E-state index contributed by atoms with van der Waals surface area (Å²) in [5.41, 5.74) is 2.57. The quantitative estimate of drug-likeness (QED) is 0.130. The minimum atomic E-state index is -4.64. The first-order valence-electron chi connectivity index (χ1n) is 17.0. The molecule has 252 valence electrons.